The van der Waals surface area contributed by atoms with E-state index in [1.807, 2.05) is 6.07 Å². The predicted molar refractivity (Wildman–Crippen MR) is 127 cm³/mol. The number of hydrogen-bond donors (Lipinski definition) is 0. The minimum atomic E-state index is -0.857. The summed E-state index contributed by atoms with van der Waals surface area (Å²) in [5, 5.41) is 8.92. The molecule has 0 unspecified atom stereocenters. The lowest BCUT2D eigenvalue weighted by Gasteiger charge is -2.21. The number of fused-ring (bicyclic) bond motifs is 1. The summed E-state index contributed by atoms with van der Waals surface area (Å²) in [5.41, 5.74) is 0.762. The summed E-state index contributed by atoms with van der Waals surface area (Å²) >= 11 is 0. The Morgan fingerprint density at radius 1 is 0.944 bits per heavy atom. The average Bonchev–Trinajstić information content (AvgIpc) is 2.92. The Labute approximate surface area is 206 Å². The van der Waals surface area contributed by atoms with E-state index in [0.29, 0.717) is 36.0 Å². The Kier molecular flexibility index (Phi) is 7.56. The number of anilines is 1. The number of benzene rings is 3. The molecule has 182 valence electrons. The summed E-state index contributed by atoms with van der Waals surface area (Å²) in [6.07, 6.45) is 0.0317. The number of carbonyl (C=O) groups excluding carboxylic acids is 3. The highest BCUT2D eigenvalue weighted by Crippen LogP contribution is 2.31. The molecule has 1 amide bonds. The average molecular weight is 488 g/mol. The lowest BCUT2D eigenvalue weighted by molar-refractivity contribution is -0.121. The molecule has 0 atom stereocenters. The zero-order valence-corrected chi connectivity index (χ0v) is 19.1. The molecule has 0 aliphatic carbocycles. The molecule has 0 spiro atoms. The van der Waals surface area contributed by atoms with Gasteiger partial charge in [0.15, 0.2) is 23.9 Å². The van der Waals surface area contributed by atoms with Crippen molar-refractivity contribution in [3.05, 3.63) is 89.2 Å². The first-order valence-electron chi connectivity index (χ1n) is 11.1. The van der Waals surface area contributed by atoms with Gasteiger partial charge in [0.2, 0.25) is 0 Å². The van der Waals surface area contributed by atoms with Crippen molar-refractivity contribution in [1.29, 1.82) is 5.26 Å². The molecule has 8 nitrogen and oxygen atoms in total. The number of esters is 1. The van der Waals surface area contributed by atoms with Gasteiger partial charge in [0.25, 0.3) is 5.91 Å². The molecule has 0 aromatic heterocycles. The fraction of sp³-hybridized carbons (Fsp3) is 0.185. The topological polar surface area (TPSA) is 106 Å². The van der Waals surface area contributed by atoms with Crippen molar-refractivity contribution in [2.45, 2.75) is 6.42 Å². The first-order chi connectivity index (χ1) is 17.5. The van der Waals surface area contributed by atoms with Gasteiger partial charge in [-0.3, -0.25) is 9.59 Å². The molecule has 3 aromatic rings. The smallest absolute Gasteiger partial charge is 0.339 e. The van der Waals surface area contributed by atoms with Crippen LogP contribution in [0.5, 0.6) is 11.5 Å². The first-order valence-corrected chi connectivity index (χ1v) is 11.1. The van der Waals surface area contributed by atoms with Gasteiger partial charge < -0.3 is 19.1 Å². The minimum absolute atomic E-state index is 0.00412. The number of carbonyl (C=O) groups is 3. The lowest BCUT2D eigenvalue weighted by atomic mass is 9.98. The predicted octanol–water partition coefficient (Wildman–Crippen LogP) is 3.93. The molecule has 9 heteroatoms. The van der Waals surface area contributed by atoms with Crippen LogP contribution in [-0.2, 0) is 9.53 Å². The number of nitrogens with zero attached hydrogens (tertiary/aromatic N) is 2. The molecule has 0 N–H and O–H groups in total. The Morgan fingerprint density at radius 2 is 1.64 bits per heavy atom. The van der Waals surface area contributed by atoms with Crippen LogP contribution >= 0.6 is 0 Å². The van der Waals surface area contributed by atoms with Gasteiger partial charge in [0.05, 0.1) is 18.1 Å². The van der Waals surface area contributed by atoms with E-state index in [1.165, 1.54) is 41.3 Å². The van der Waals surface area contributed by atoms with Crippen LogP contribution in [0.2, 0.25) is 0 Å². The molecule has 1 heterocycles. The number of halogens is 1. The van der Waals surface area contributed by atoms with Gasteiger partial charge in [0.1, 0.15) is 19.0 Å². The molecule has 36 heavy (non-hydrogen) atoms. The third kappa shape index (κ3) is 5.50. The summed E-state index contributed by atoms with van der Waals surface area (Å²) in [6, 6.07) is 18.0. The van der Waals surface area contributed by atoms with Crippen LogP contribution in [0.25, 0.3) is 0 Å². The molecule has 4 rings (SSSR count). The minimum Gasteiger partial charge on any atom is -0.486 e. The third-order valence-corrected chi connectivity index (χ3v) is 5.41. The fourth-order valence-electron chi connectivity index (χ4n) is 3.66. The molecule has 0 saturated carbocycles. The Balaban J connectivity index is 1.49. The number of amides is 1. The molecule has 0 bridgehead atoms. The number of rotatable bonds is 8. The Morgan fingerprint density at radius 3 is 2.36 bits per heavy atom. The van der Waals surface area contributed by atoms with Crippen LogP contribution in [-0.4, -0.2) is 44.0 Å². The van der Waals surface area contributed by atoms with Gasteiger partial charge in [-0.1, -0.05) is 18.2 Å². The molecule has 0 fully saturated rings. The van der Waals surface area contributed by atoms with Crippen molar-refractivity contribution >= 4 is 23.3 Å². The standard InChI is InChI=1S/C27H21FN2O6/c28-19-7-9-20(10-8-19)30(13-3-12-29)25(31)17-36-27(33)22-5-2-1-4-21(22)26(32)18-6-11-23-24(16-18)35-15-14-34-23/h1-2,4-11,16H,3,13-15,17H2. The monoisotopic (exact) mass is 488 g/mol. The van der Waals surface area contributed by atoms with Crippen molar-refractivity contribution in [3.8, 4) is 17.6 Å². The summed E-state index contributed by atoms with van der Waals surface area (Å²) in [7, 11) is 0. The second kappa shape index (κ2) is 11.1. The number of nitriles is 1. The van der Waals surface area contributed by atoms with Crippen molar-refractivity contribution in [2.75, 3.05) is 31.3 Å². The summed E-state index contributed by atoms with van der Waals surface area (Å²) in [4.78, 5) is 40.1. The summed E-state index contributed by atoms with van der Waals surface area (Å²) in [5.74, 6) is -1.38. The van der Waals surface area contributed by atoms with Gasteiger partial charge in [-0.2, -0.15) is 5.26 Å². The number of hydrogen-bond acceptors (Lipinski definition) is 7. The molecule has 1 aliphatic heterocycles. The largest absolute Gasteiger partial charge is 0.486 e. The van der Waals surface area contributed by atoms with E-state index in [2.05, 4.69) is 0 Å². The van der Waals surface area contributed by atoms with E-state index < -0.39 is 30.1 Å². The van der Waals surface area contributed by atoms with Crippen LogP contribution in [0.15, 0.2) is 66.7 Å². The van der Waals surface area contributed by atoms with Crippen molar-refractivity contribution < 1.29 is 33.0 Å². The number of ketones is 1. The van der Waals surface area contributed by atoms with Gasteiger partial charge in [0, 0.05) is 23.4 Å². The van der Waals surface area contributed by atoms with E-state index in [4.69, 9.17) is 19.5 Å². The van der Waals surface area contributed by atoms with Crippen LogP contribution < -0.4 is 14.4 Å². The molecule has 0 radical (unpaired) electrons. The highest BCUT2D eigenvalue weighted by atomic mass is 19.1. The van der Waals surface area contributed by atoms with Crippen LogP contribution in [0.1, 0.15) is 32.7 Å². The highest BCUT2D eigenvalue weighted by molar-refractivity contribution is 6.14. The molecule has 0 saturated heterocycles. The summed E-state index contributed by atoms with van der Waals surface area (Å²) < 4.78 is 29.5. The van der Waals surface area contributed by atoms with Gasteiger partial charge >= 0.3 is 5.97 Å². The number of ether oxygens (including phenoxy) is 3. The Bertz CT molecular complexity index is 1330. The fourth-order valence-corrected chi connectivity index (χ4v) is 3.66. The van der Waals surface area contributed by atoms with Crippen molar-refractivity contribution in [3.63, 3.8) is 0 Å². The SMILES string of the molecule is N#CCCN(C(=O)COC(=O)c1ccccc1C(=O)c1ccc2c(c1)OCCO2)c1ccc(F)cc1. The van der Waals surface area contributed by atoms with E-state index in [0.717, 1.165) is 0 Å². The second-order valence-corrected chi connectivity index (χ2v) is 7.74. The molecule has 1 aliphatic rings. The van der Waals surface area contributed by atoms with E-state index >= 15 is 0 Å². The zero-order valence-electron chi connectivity index (χ0n) is 19.1. The van der Waals surface area contributed by atoms with E-state index in [9.17, 15) is 18.8 Å². The maximum Gasteiger partial charge on any atom is 0.339 e. The van der Waals surface area contributed by atoms with Crippen LogP contribution in [0.4, 0.5) is 10.1 Å². The van der Waals surface area contributed by atoms with Gasteiger partial charge in [-0.25, -0.2) is 9.18 Å². The quantitative estimate of drug-likeness (QED) is 0.349. The normalized spacial score (nSPS) is 11.8. The zero-order chi connectivity index (χ0) is 25.5. The maximum absolute atomic E-state index is 13.3. The molecular formula is C27H21FN2O6. The van der Waals surface area contributed by atoms with E-state index in [1.54, 1.807) is 30.3 Å². The van der Waals surface area contributed by atoms with Crippen LogP contribution in [0.3, 0.4) is 0 Å². The van der Waals surface area contributed by atoms with Gasteiger partial charge in [-0.15, -0.1) is 0 Å². The summed E-state index contributed by atoms with van der Waals surface area (Å²) in [6.45, 7) is 0.194. The van der Waals surface area contributed by atoms with Crippen molar-refractivity contribution in [1.82, 2.24) is 0 Å². The van der Waals surface area contributed by atoms with Gasteiger partial charge in [-0.05, 0) is 48.5 Å². The molecule has 3 aromatic carbocycles. The van der Waals surface area contributed by atoms with Crippen LogP contribution in [0, 0.1) is 17.1 Å². The van der Waals surface area contributed by atoms with Crippen molar-refractivity contribution in [2.24, 2.45) is 0 Å². The Hall–Kier alpha value is -4.71. The molecular weight excluding hydrogens is 467 g/mol. The highest BCUT2D eigenvalue weighted by Gasteiger charge is 2.23. The first kappa shape index (κ1) is 24.4. The van der Waals surface area contributed by atoms with E-state index in [-0.39, 0.29) is 24.1 Å². The maximum atomic E-state index is 13.3. The lowest BCUT2D eigenvalue weighted by Crippen LogP contribution is -2.35. The third-order valence-electron chi connectivity index (χ3n) is 5.41. The second-order valence-electron chi connectivity index (χ2n) is 7.74.